The zero-order chi connectivity index (χ0) is 17.0. The third kappa shape index (κ3) is 4.40. The second-order valence-electron chi connectivity index (χ2n) is 5.33. The molecule has 8 heteroatoms. The fourth-order valence-electron chi connectivity index (χ4n) is 2.12. The maximum absolute atomic E-state index is 12.2. The van der Waals surface area contributed by atoms with Crippen LogP contribution in [0.25, 0.3) is 0 Å². The highest BCUT2D eigenvalue weighted by atomic mass is 32.2. The molecule has 124 valence electrons. The number of benzene rings is 1. The predicted octanol–water partition coefficient (Wildman–Crippen LogP) is 0.517. The van der Waals surface area contributed by atoms with Crippen LogP contribution < -0.4 is 5.32 Å². The third-order valence-corrected chi connectivity index (χ3v) is 4.75. The van der Waals surface area contributed by atoms with Crippen molar-refractivity contribution in [2.45, 2.75) is 6.04 Å². The van der Waals surface area contributed by atoms with Gasteiger partial charge in [0.25, 0.3) is 0 Å². The quantitative estimate of drug-likeness (QED) is 0.833. The lowest BCUT2D eigenvalue weighted by Gasteiger charge is -2.21. The lowest BCUT2D eigenvalue weighted by Crippen LogP contribution is -2.40. The van der Waals surface area contributed by atoms with E-state index in [0.717, 1.165) is 16.1 Å². The number of rotatable bonds is 6. The Kier molecular flexibility index (Phi) is 5.17. The van der Waals surface area contributed by atoms with Gasteiger partial charge >= 0.3 is 0 Å². The summed E-state index contributed by atoms with van der Waals surface area (Å²) in [6.45, 7) is -0.243. The number of imidazole rings is 1. The van der Waals surface area contributed by atoms with Crippen molar-refractivity contribution in [1.82, 2.24) is 19.2 Å². The standard InChI is InChI=1S/C15H20N4O3S/c1-18-10-9-16-15(18)14(12-7-5-4-6-8-12)17-13(20)11-19(2)23(3,21)22/h4-10,14H,11H2,1-3H3,(H,17,20)/t14-/m0/s1. The zero-order valence-corrected chi connectivity index (χ0v) is 14.1. The average molecular weight is 336 g/mol. The Morgan fingerprint density at radius 1 is 1.35 bits per heavy atom. The number of amides is 1. The number of nitrogens with zero attached hydrogens (tertiary/aromatic N) is 3. The van der Waals surface area contributed by atoms with Crippen molar-refractivity contribution in [3.8, 4) is 0 Å². The monoisotopic (exact) mass is 336 g/mol. The lowest BCUT2D eigenvalue weighted by atomic mass is 10.1. The molecule has 1 N–H and O–H groups in total. The first-order valence-corrected chi connectivity index (χ1v) is 8.86. The molecule has 1 amide bonds. The minimum Gasteiger partial charge on any atom is -0.341 e. The maximum atomic E-state index is 12.2. The van der Waals surface area contributed by atoms with E-state index in [4.69, 9.17) is 0 Å². The molecular formula is C15H20N4O3S. The van der Waals surface area contributed by atoms with Crippen molar-refractivity contribution in [2.75, 3.05) is 19.8 Å². The van der Waals surface area contributed by atoms with Gasteiger partial charge in [0, 0.05) is 26.5 Å². The summed E-state index contributed by atoms with van der Waals surface area (Å²) >= 11 is 0. The molecule has 0 aliphatic heterocycles. The third-order valence-electron chi connectivity index (χ3n) is 3.49. The second-order valence-corrected chi connectivity index (χ2v) is 7.42. The summed E-state index contributed by atoms with van der Waals surface area (Å²) in [5, 5.41) is 2.85. The molecular weight excluding hydrogens is 316 g/mol. The Morgan fingerprint density at radius 2 is 2.00 bits per heavy atom. The Balaban J connectivity index is 2.23. The minimum absolute atomic E-state index is 0.243. The molecule has 2 aromatic rings. The van der Waals surface area contributed by atoms with Gasteiger partial charge in [-0.05, 0) is 5.56 Å². The van der Waals surface area contributed by atoms with E-state index in [1.807, 2.05) is 41.9 Å². The second kappa shape index (κ2) is 6.93. The average Bonchev–Trinajstić information content (AvgIpc) is 2.90. The fourth-order valence-corrected chi connectivity index (χ4v) is 2.48. The molecule has 0 spiro atoms. The van der Waals surface area contributed by atoms with Crippen LogP contribution in [0.3, 0.4) is 0 Å². The summed E-state index contributed by atoms with van der Waals surface area (Å²) in [5.74, 6) is 0.279. The van der Waals surface area contributed by atoms with E-state index in [9.17, 15) is 13.2 Å². The van der Waals surface area contributed by atoms with Gasteiger partial charge in [-0.2, -0.15) is 4.31 Å². The summed E-state index contributed by atoms with van der Waals surface area (Å²) < 4.78 is 25.7. The molecule has 0 aliphatic carbocycles. The van der Waals surface area contributed by atoms with Crippen LogP contribution in [0.15, 0.2) is 42.7 Å². The summed E-state index contributed by atoms with van der Waals surface area (Å²) in [6, 6.07) is 8.97. The first-order valence-electron chi connectivity index (χ1n) is 7.02. The Bertz CT molecular complexity index is 771. The summed E-state index contributed by atoms with van der Waals surface area (Å²) in [4.78, 5) is 16.5. The van der Waals surface area contributed by atoms with Crippen LogP contribution in [-0.2, 0) is 21.9 Å². The molecule has 0 saturated heterocycles. The van der Waals surface area contributed by atoms with Crippen LogP contribution in [0.4, 0.5) is 0 Å². The van der Waals surface area contributed by atoms with Crippen LogP contribution in [0.2, 0.25) is 0 Å². The highest BCUT2D eigenvalue weighted by Crippen LogP contribution is 2.20. The van der Waals surface area contributed by atoms with Crippen molar-refractivity contribution in [3.63, 3.8) is 0 Å². The van der Waals surface area contributed by atoms with Crippen LogP contribution in [0, 0.1) is 0 Å². The van der Waals surface area contributed by atoms with Crippen LogP contribution in [0.5, 0.6) is 0 Å². The van der Waals surface area contributed by atoms with Gasteiger partial charge in [-0.15, -0.1) is 0 Å². The van der Waals surface area contributed by atoms with Crippen molar-refractivity contribution >= 4 is 15.9 Å². The molecule has 1 aromatic heterocycles. The molecule has 0 aliphatic rings. The molecule has 1 aromatic carbocycles. The van der Waals surface area contributed by atoms with E-state index in [1.54, 1.807) is 12.4 Å². The topological polar surface area (TPSA) is 84.3 Å². The SMILES string of the molecule is CN(CC(=O)N[C@@H](c1ccccc1)c1nccn1C)S(C)(=O)=O. The maximum Gasteiger partial charge on any atom is 0.236 e. The van der Waals surface area contributed by atoms with Crippen molar-refractivity contribution in [3.05, 3.63) is 54.1 Å². The minimum atomic E-state index is -3.41. The van der Waals surface area contributed by atoms with E-state index in [1.165, 1.54) is 7.05 Å². The number of aromatic nitrogens is 2. The first kappa shape index (κ1) is 17.2. The van der Waals surface area contributed by atoms with Crippen LogP contribution in [-0.4, -0.2) is 48.0 Å². The summed E-state index contributed by atoms with van der Waals surface area (Å²) in [7, 11) is -0.200. The van der Waals surface area contributed by atoms with Gasteiger partial charge in [0.2, 0.25) is 15.9 Å². The number of carbonyl (C=O) groups is 1. The van der Waals surface area contributed by atoms with E-state index < -0.39 is 22.0 Å². The normalized spacial score (nSPS) is 13.0. The Labute approximate surface area is 136 Å². The van der Waals surface area contributed by atoms with E-state index in [2.05, 4.69) is 10.3 Å². The molecule has 2 rings (SSSR count). The summed E-state index contributed by atoms with van der Waals surface area (Å²) in [5.41, 5.74) is 0.872. The number of nitrogens with one attached hydrogen (secondary N) is 1. The number of aryl methyl sites for hydroxylation is 1. The lowest BCUT2D eigenvalue weighted by molar-refractivity contribution is -0.121. The van der Waals surface area contributed by atoms with Gasteiger partial charge < -0.3 is 9.88 Å². The van der Waals surface area contributed by atoms with Gasteiger partial charge in [0.15, 0.2) is 0 Å². The molecule has 1 heterocycles. The van der Waals surface area contributed by atoms with E-state index >= 15 is 0 Å². The molecule has 7 nitrogen and oxygen atoms in total. The van der Waals surface area contributed by atoms with Crippen LogP contribution in [0.1, 0.15) is 17.4 Å². The zero-order valence-electron chi connectivity index (χ0n) is 13.3. The van der Waals surface area contributed by atoms with E-state index in [0.29, 0.717) is 5.82 Å². The van der Waals surface area contributed by atoms with Gasteiger partial charge in [0.05, 0.1) is 12.8 Å². The highest BCUT2D eigenvalue weighted by molar-refractivity contribution is 7.88. The predicted molar refractivity (Wildman–Crippen MR) is 87.1 cm³/mol. The molecule has 23 heavy (non-hydrogen) atoms. The van der Waals surface area contributed by atoms with Crippen LogP contribution >= 0.6 is 0 Å². The van der Waals surface area contributed by atoms with Gasteiger partial charge in [-0.3, -0.25) is 4.79 Å². The number of carbonyl (C=O) groups excluding carboxylic acids is 1. The number of sulfonamides is 1. The smallest absolute Gasteiger partial charge is 0.236 e. The Morgan fingerprint density at radius 3 is 2.52 bits per heavy atom. The molecule has 0 bridgehead atoms. The van der Waals surface area contributed by atoms with Crippen molar-refractivity contribution < 1.29 is 13.2 Å². The first-order chi connectivity index (χ1) is 10.8. The molecule has 0 fully saturated rings. The Hall–Kier alpha value is -2.19. The number of hydrogen-bond acceptors (Lipinski definition) is 4. The van der Waals surface area contributed by atoms with Gasteiger partial charge in [-0.25, -0.2) is 13.4 Å². The largest absolute Gasteiger partial charge is 0.341 e. The van der Waals surface area contributed by atoms with Crippen molar-refractivity contribution in [2.24, 2.45) is 7.05 Å². The highest BCUT2D eigenvalue weighted by Gasteiger charge is 2.22. The fraction of sp³-hybridized carbons (Fsp3) is 0.333. The molecule has 0 saturated carbocycles. The van der Waals surface area contributed by atoms with Crippen molar-refractivity contribution in [1.29, 1.82) is 0 Å². The molecule has 0 unspecified atom stereocenters. The van der Waals surface area contributed by atoms with Gasteiger partial charge in [-0.1, -0.05) is 30.3 Å². The molecule has 0 radical (unpaired) electrons. The number of likely N-dealkylation sites (N-methyl/N-ethyl adjacent to an activating group) is 1. The van der Waals surface area contributed by atoms with E-state index in [-0.39, 0.29) is 6.54 Å². The summed E-state index contributed by atoms with van der Waals surface area (Å²) in [6.07, 6.45) is 4.51. The number of hydrogen-bond donors (Lipinski definition) is 1. The van der Waals surface area contributed by atoms with Gasteiger partial charge in [0.1, 0.15) is 11.9 Å². The molecule has 1 atom stereocenters.